The normalized spacial score (nSPS) is 27.9. The number of rotatable bonds is 8. The van der Waals surface area contributed by atoms with Gasteiger partial charge in [-0.25, -0.2) is 8.78 Å². The number of phenols is 1. The third-order valence-electron chi connectivity index (χ3n) is 8.42. The minimum absolute atomic E-state index is 0.0736. The molecule has 0 radical (unpaired) electrons. The van der Waals surface area contributed by atoms with Crippen LogP contribution in [-0.4, -0.2) is 40.8 Å². The third-order valence-corrected chi connectivity index (χ3v) is 8.42. The van der Waals surface area contributed by atoms with Crippen molar-refractivity contribution in [2.75, 3.05) is 18.4 Å². The van der Waals surface area contributed by atoms with E-state index < -0.39 is 5.92 Å². The molecule has 36 heavy (non-hydrogen) atoms. The molecule has 2 aliphatic carbocycles. The predicted molar refractivity (Wildman–Crippen MR) is 134 cm³/mol. The molecule has 1 aliphatic heterocycles. The van der Waals surface area contributed by atoms with Gasteiger partial charge in [-0.05, 0) is 73.3 Å². The van der Waals surface area contributed by atoms with Crippen LogP contribution in [-0.2, 0) is 15.5 Å². The number of anilines is 1. The van der Waals surface area contributed by atoms with Crippen LogP contribution >= 0.6 is 0 Å². The molecule has 5 rings (SSSR count). The molecule has 1 saturated heterocycles. The van der Waals surface area contributed by atoms with Gasteiger partial charge in [0.15, 0.2) is 0 Å². The summed E-state index contributed by atoms with van der Waals surface area (Å²) in [6.45, 7) is 2.77. The van der Waals surface area contributed by atoms with Crippen LogP contribution < -0.4 is 5.32 Å². The number of alkyl halides is 2. The lowest BCUT2D eigenvalue weighted by Gasteiger charge is -2.36. The van der Waals surface area contributed by atoms with Gasteiger partial charge in [-0.3, -0.25) is 14.5 Å². The maximum absolute atomic E-state index is 13.5. The average Bonchev–Trinajstić information content (AvgIpc) is 3.36. The maximum Gasteiger partial charge on any atom is 0.270 e. The summed E-state index contributed by atoms with van der Waals surface area (Å²) in [4.78, 5) is 27.6. The smallest absolute Gasteiger partial charge is 0.270 e. The van der Waals surface area contributed by atoms with Crippen LogP contribution in [0.15, 0.2) is 48.5 Å². The molecule has 2 aromatic rings. The molecule has 1 amide bonds. The Morgan fingerprint density at radius 2 is 1.67 bits per heavy atom. The number of carbonyl (C=O) groups is 2. The first-order chi connectivity index (χ1) is 17.2. The summed E-state index contributed by atoms with van der Waals surface area (Å²) < 4.78 is 27.0. The number of phenolic OH excluding ortho intramolecular Hbond substituents is 1. The standard InChI is InChI=1S/C29H34F2N2O3/c1-29(30,31)20-3-2-4-21(15-20)32-27(36)14-13-26(35)28-24-16-33(17-25(24)28)22-9-5-18(6-10-22)19-7-11-23(34)12-8-19/h2-4,7-8,11-12,15,18,22,24-25,28,34H,5-6,9-10,13-14,16-17H2,1H3,(H,32,36)/t18?,22?,24-,25+,28?. The molecule has 0 bridgehead atoms. The second-order valence-electron chi connectivity index (χ2n) is 10.9. The van der Waals surface area contributed by atoms with E-state index in [2.05, 4.69) is 10.2 Å². The minimum Gasteiger partial charge on any atom is -0.508 e. The van der Waals surface area contributed by atoms with Gasteiger partial charge < -0.3 is 10.4 Å². The highest BCUT2D eigenvalue weighted by atomic mass is 19.3. The Kier molecular flexibility index (Phi) is 6.86. The van der Waals surface area contributed by atoms with Gasteiger partial charge in [0.25, 0.3) is 5.92 Å². The van der Waals surface area contributed by atoms with E-state index in [9.17, 15) is 23.5 Å². The zero-order valence-corrected chi connectivity index (χ0v) is 20.6. The van der Waals surface area contributed by atoms with E-state index in [0.717, 1.165) is 45.7 Å². The number of hydrogen-bond acceptors (Lipinski definition) is 4. The van der Waals surface area contributed by atoms with Gasteiger partial charge in [0, 0.05) is 56.1 Å². The van der Waals surface area contributed by atoms with Crippen LogP contribution in [0.4, 0.5) is 14.5 Å². The van der Waals surface area contributed by atoms with Gasteiger partial charge in [0.05, 0.1) is 0 Å². The molecule has 3 aliphatic rings. The number of halogens is 2. The van der Waals surface area contributed by atoms with Gasteiger partial charge in [-0.1, -0.05) is 24.3 Å². The number of amides is 1. The molecule has 0 aromatic heterocycles. The lowest BCUT2D eigenvalue weighted by Crippen LogP contribution is -2.38. The first-order valence-electron chi connectivity index (χ1n) is 13.0. The minimum atomic E-state index is -2.97. The van der Waals surface area contributed by atoms with E-state index in [4.69, 9.17) is 0 Å². The van der Waals surface area contributed by atoms with Crippen LogP contribution in [0, 0.1) is 17.8 Å². The van der Waals surface area contributed by atoms with Crippen LogP contribution in [0.5, 0.6) is 5.75 Å². The number of hydrogen-bond donors (Lipinski definition) is 2. The van der Waals surface area contributed by atoms with E-state index in [1.54, 1.807) is 18.2 Å². The van der Waals surface area contributed by atoms with Crippen LogP contribution in [0.1, 0.15) is 62.5 Å². The highest BCUT2D eigenvalue weighted by Gasteiger charge is 2.59. The van der Waals surface area contributed by atoms with Crippen molar-refractivity contribution in [1.29, 1.82) is 0 Å². The number of benzene rings is 2. The molecule has 2 aromatic carbocycles. The van der Waals surface area contributed by atoms with Gasteiger partial charge >= 0.3 is 0 Å². The largest absolute Gasteiger partial charge is 0.508 e. The lowest BCUT2D eigenvalue weighted by molar-refractivity contribution is -0.124. The van der Waals surface area contributed by atoms with Gasteiger partial charge in [0.2, 0.25) is 5.91 Å². The van der Waals surface area contributed by atoms with Gasteiger partial charge in [0.1, 0.15) is 11.5 Å². The monoisotopic (exact) mass is 496 g/mol. The summed E-state index contributed by atoms with van der Waals surface area (Å²) in [6.07, 6.45) is 4.90. The number of likely N-dealkylation sites (tertiary alicyclic amines) is 1. The van der Waals surface area contributed by atoms with E-state index in [1.165, 1.54) is 23.8 Å². The average molecular weight is 497 g/mol. The Bertz CT molecular complexity index is 1090. The predicted octanol–water partition coefficient (Wildman–Crippen LogP) is 5.70. The highest BCUT2D eigenvalue weighted by molar-refractivity contribution is 5.94. The fraction of sp³-hybridized carbons (Fsp3) is 0.517. The summed E-state index contributed by atoms with van der Waals surface area (Å²) in [5.74, 6) is -1.37. The zero-order valence-electron chi connectivity index (χ0n) is 20.6. The molecule has 1 unspecified atom stereocenters. The Morgan fingerprint density at radius 3 is 2.31 bits per heavy atom. The first kappa shape index (κ1) is 24.9. The van der Waals surface area contributed by atoms with Crippen molar-refractivity contribution in [2.45, 2.75) is 63.3 Å². The number of fused-ring (bicyclic) bond motifs is 1. The Morgan fingerprint density at radius 1 is 1.00 bits per heavy atom. The highest BCUT2D eigenvalue weighted by Crippen LogP contribution is 2.54. The number of Topliss-reactive ketones (excluding diaryl/α,β-unsaturated/α-hetero) is 1. The third kappa shape index (κ3) is 5.46. The molecule has 192 valence electrons. The number of ketones is 1. The summed E-state index contributed by atoms with van der Waals surface area (Å²) in [6, 6.07) is 13.8. The van der Waals surface area contributed by atoms with E-state index in [-0.39, 0.29) is 36.0 Å². The van der Waals surface area contributed by atoms with Crippen molar-refractivity contribution in [3.05, 3.63) is 59.7 Å². The van der Waals surface area contributed by atoms with E-state index >= 15 is 0 Å². The lowest BCUT2D eigenvalue weighted by atomic mass is 9.81. The van der Waals surface area contributed by atoms with E-state index in [1.807, 2.05) is 12.1 Å². The number of nitrogens with one attached hydrogen (secondary N) is 1. The zero-order chi connectivity index (χ0) is 25.4. The molecule has 5 nitrogen and oxygen atoms in total. The summed E-state index contributed by atoms with van der Waals surface area (Å²) in [5, 5.41) is 12.2. The quantitative estimate of drug-likeness (QED) is 0.492. The summed E-state index contributed by atoms with van der Waals surface area (Å²) in [7, 11) is 0. The van der Waals surface area contributed by atoms with Crippen molar-refractivity contribution in [3.8, 4) is 5.75 Å². The first-order valence-corrected chi connectivity index (χ1v) is 13.0. The second-order valence-corrected chi connectivity index (χ2v) is 10.9. The van der Waals surface area contributed by atoms with Crippen molar-refractivity contribution >= 4 is 17.4 Å². The van der Waals surface area contributed by atoms with Crippen molar-refractivity contribution < 1.29 is 23.5 Å². The Balaban J connectivity index is 1.03. The molecule has 3 atom stereocenters. The maximum atomic E-state index is 13.5. The van der Waals surface area contributed by atoms with Crippen molar-refractivity contribution in [2.24, 2.45) is 17.8 Å². The fourth-order valence-electron chi connectivity index (χ4n) is 6.35. The number of nitrogens with zero attached hydrogens (tertiary/aromatic N) is 1. The molecule has 0 spiro atoms. The number of carbonyl (C=O) groups excluding carboxylic acids is 2. The van der Waals surface area contributed by atoms with Crippen molar-refractivity contribution in [3.63, 3.8) is 0 Å². The van der Waals surface area contributed by atoms with Gasteiger partial charge in [-0.2, -0.15) is 0 Å². The van der Waals surface area contributed by atoms with Crippen LogP contribution in [0.3, 0.4) is 0 Å². The second kappa shape index (κ2) is 9.92. The molecule has 1 heterocycles. The molecule has 2 N–H and O–H groups in total. The number of aromatic hydroxyl groups is 1. The summed E-state index contributed by atoms with van der Waals surface area (Å²) in [5.41, 5.74) is 1.48. The van der Waals surface area contributed by atoms with Crippen LogP contribution in [0.25, 0.3) is 0 Å². The SMILES string of the molecule is CC(F)(F)c1cccc(NC(=O)CCC(=O)C2[C@H]3CN(C4CCC(c5ccc(O)cc5)CC4)C[C@@H]23)c1. The van der Waals surface area contributed by atoms with Crippen LogP contribution in [0.2, 0.25) is 0 Å². The Hall–Kier alpha value is -2.80. The molecule has 7 heteroatoms. The molecular formula is C29H34F2N2O3. The van der Waals surface area contributed by atoms with Gasteiger partial charge in [-0.15, -0.1) is 0 Å². The number of piperidine rings is 1. The topological polar surface area (TPSA) is 69.6 Å². The fourth-order valence-corrected chi connectivity index (χ4v) is 6.35. The molecular weight excluding hydrogens is 462 g/mol. The van der Waals surface area contributed by atoms with Crippen molar-refractivity contribution in [1.82, 2.24) is 4.90 Å². The Labute approximate surface area is 210 Å². The van der Waals surface area contributed by atoms with E-state index in [0.29, 0.717) is 35.2 Å². The molecule has 3 fully saturated rings. The molecule has 2 saturated carbocycles. The summed E-state index contributed by atoms with van der Waals surface area (Å²) >= 11 is 0.